The van der Waals surface area contributed by atoms with Gasteiger partial charge in [0.25, 0.3) is 4.38 Å². The molecule has 302 valence electrons. The van der Waals surface area contributed by atoms with Gasteiger partial charge in [-0.2, -0.15) is 24.4 Å². The first-order chi connectivity index (χ1) is 23.4. The molecule has 0 N–H and O–H groups in total. The summed E-state index contributed by atoms with van der Waals surface area (Å²) >= 11 is 43.8. The summed E-state index contributed by atoms with van der Waals surface area (Å²) in [6.45, 7) is 21.5. The molecule has 0 spiro atoms. The monoisotopic (exact) mass is 994 g/mol. The van der Waals surface area contributed by atoms with Crippen LogP contribution >= 0.6 is 73.7 Å². The molecular formula is C30H56MoO10S10. The predicted octanol–water partition coefficient (Wildman–Crippen LogP) is 9.59. The summed E-state index contributed by atoms with van der Waals surface area (Å²) in [4.78, 5) is 45.8. The fourth-order valence-electron chi connectivity index (χ4n) is 1.77. The molecule has 0 bridgehead atoms. The van der Waals surface area contributed by atoms with Gasteiger partial charge < -0.3 is 124 Å². The Morgan fingerprint density at radius 3 is 0.902 bits per heavy atom. The molecule has 4 unspecified atom stereocenters. The van der Waals surface area contributed by atoms with E-state index in [1.165, 1.54) is 6.42 Å². The number of hydrogen-bond acceptors (Lipinski definition) is 19. The SMILES string of the molecule is CCC(C)COOC(=S)[S-].CCC(C)COOC(=S)[S-].CCC(C)COOC(=S)[S-].CCC(C)COOC(=S)[S-].CCCCCOOC(=S)S.[Mo+4]. The summed E-state index contributed by atoms with van der Waals surface area (Å²) in [6.07, 6.45) is 7.59. The summed E-state index contributed by atoms with van der Waals surface area (Å²) in [5.41, 5.74) is 0. The minimum absolute atomic E-state index is 0. The van der Waals surface area contributed by atoms with Crippen molar-refractivity contribution in [3.8, 4) is 0 Å². The molecule has 4 atom stereocenters. The number of hydrogen-bond donors (Lipinski definition) is 1. The summed E-state index contributed by atoms with van der Waals surface area (Å²) in [6, 6.07) is 0. The fourth-order valence-corrected chi connectivity index (χ4v) is 2.25. The van der Waals surface area contributed by atoms with Gasteiger partial charge in [-0.15, -0.1) is 0 Å². The minimum Gasteiger partial charge on any atom is -0.387 e. The molecule has 0 radical (unpaired) electrons. The normalized spacial score (nSPS) is 11.7. The molecule has 51 heavy (non-hydrogen) atoms. The first-order valence-electron chi connectivity index (χ1n) is 16.0. The maximum atomic E-state index is 4.70. The third-order valence-electron chi connectivity index (χ3n) is 5.67. The van der Waals surface area contributed by atoms with Gasteiger partial charge in [0.1, 0.15) is 0 Å². The van der Waals surface area contributed by atoms with Crippen molar-refractivity contribution in [3.63, 3.8) is 0 Å². The summed E-state index contributed by atoms with van der Waals surface area (Å²) in [5.74, 6) is 1.96. The van der Waals surface area contributed by atoms with Gasteiger partial charge in [-0.1, -0.05) is 113 Å². The van der Waals surface area contributed by atoms with E-state index in [0.29, 0.717) is 56.7 Å². The topological polar surface area (TPSA) is 92.3 Å². The average Bonchev–Trinajstić information content (AvgIpc) is 3.04. The molecule has 0 aliphatic heterocycles. The van der Waals surface area contributed by atoms with Crippen molar-refractivity contribution in [2.24, 2.45) is 23.7 Å². The van der Waals surface area contributed by atoms with E-state index in [-0.39, 0.29) is 43.0 Å². The van der Waals surface area contributed by atoms with Crippen LogP contribution in [0.4, 0.5) is 0 Å². The molecule has 0 amide bonds. The smallest absolute Gasteiger partial charge is 0.387 e. The van der Waals surface area contributed by atoms with E-state index >= 15 is 0 Å². The Morgan fingerprint density at radius 1 is 0.471 bits per heavy atom. The minimum atomic E-state index is 0. The van der Waals surface area contributed by atoms with Crippen LogP contribution < -0.4 is 0 Å². The Bertz CT molecular complexity index is 720. The second-order valence-corrected chi connectivity index (χ2v) is 15.5. The zero-order valence-electron chi connectivity index (χ0n) is 30.9. The molecule has 0 saturated carbocycles. The van der Waals surface area contributed by atoms with Crippen LogP contribution in [-0.2, 0) is 120 Å². The summed E-state index contributed by atoms with van der Waals surface area (Å²) in [7, 11) is 0. The quantitative estimate of drug-likeness (QED) is 0.0225. The van der Waals surface area contributed by atoms with Crippen LogP contribution in [0.5, 0.6) is 0 Å². The van der Waals surface area contributed by atoms with Crippen molar-refractivity contribution in [3.05, 3.63) is 0 Å². The Labute approximate surface area is 376 Å². The van der Waals surface area contributed by atoms with Gasteiger partial charge in [0, 0.05) is 0 Å². The first-order valence-corrected chi connectivity index (χ1v) is 20.1. The predicted molar refractivity (Wildman–Crippen MR) is 234 cm³/mol. The Balaban J connectivity index is -0.000000123. The summed E-state index contributed by atoms with van der Waals surface area (Å²) < 4.78 is 0.203. The molecule has 0 fully saturated rings. The van der Waals surface area contributed by atoms with Crippen LogP contribution in [0.1, 0.15) is 107 Å². The number of thiocarbonyl (C=S) groups is 5. The van der Waals surface area contributed by atoms with Gasteiger partial charge in [0.2, 0.25) is 0 Å². The van der Waals surface area contributed by atoms with Crippen molar-refractivity contribution in [2.45, 2.75) is 107 Å². The molecule has 21 heteroatoms. The maximum Gasteiger partial charge on any atom is 4.00 e. The van der Waals surface area contributed by atoms with Crippen molar-refractivity contribution in [1.29, 1.82) is 0 Å². The van der Waals surface area contributed by atoms with Crippen LogP contribution in [0, 0.1) is 23.7 Å². The van der Waals surface area contributed by atoms with Gasteiger partial charge >= 0.3 is 21.1 Å². The van der Waals surface area contributed by atoms with E-state index in [1.54, 1.807) is 0 Å². The van der Waals surface area contributed by atoms with Crippen LogP contribution in [-0.4, -0.2) is 54.9 Å². The number of unbranched alkanes of at least 4 members (excludes halogenated alkanes) is 2. The Hall–Kier alpha value is 1.17. The zero-order chi connectivity index (χ0) is 39.8. The molecule has 0 aliphatic rings. The molecule has 0 saturated heterocycles. The van der Waals surface area contributed by atoms with E-state index < -0.39 is 0 Å². The number of rotatable bonds is 21. The second kappa shape index (κ2) is 51.2. The molecule has 0 aliphatic carbocycles. The van der Waals surface area contributed by atoms with Crippen molar-refractivity contribution < 1.29 is 69.9 Å². The van der Waals surface area contributed by atoms with E-state index in [0.717, 1.165) is 38.5 Å². The Morgan fingerprint density at radius 2 is 0.725 bits per heavy atom. The van der Waals surface area contributed by atoms with Crippen molar-refractivity contribution in [2.75, 3.05) is 33.0 Å². The zero-order valence-corrected chi connectivity index (χ0v) is 41.2. The van der Waals surface area contributed by atoms with E-state index in [2.05, 4.69) is 216 Å². The first kappa shape index (κ1) is 64.1. The maximum absolute atomic E-state index is 4.70. The van der Waals surface area contributed by atoms with Crippen molar-refractivity contribution in [1.82, 2.24) is 0 Å². The second-order valence-electron chi connectivity index (χ2n) is 10.4. The molecule has 0 aromatic carbocycles. The van der Waals surface area contributed by atoms with Crippen LogP contribution in [0.3, 0.4) is 0 Å². The van der Waals surface area contributed by atoms with Gasteiger partial charge in [-0.3, -0.25) is 0 Å². The van der Waals surface area contributed by atoms with Crippen molar-refractivity contribution >= 4 is 146 Å². The molecular weight excluding hydrogens is 937 g/mol. The standard InChI is InChI=1S/5C6H12O2S2.Mo/c4*1-3-5(2)4-7-8-6(9)10;1-2-3-4-5-7-8-6(9)10;/h4*5H,3-4H2,1-2H3,(H,9,10);2-5H2,1H3,(H,9,10);/q;;;;;+4/p-4. The molecule has 0 heterocycles. The third kappa shape index (κ3) is 76.7. The van der Waals surface area contributed by atoms with E-state index in [9.17, 15) is 0 Å². The molecule has 10 nitrogen and oxygen atoms in total. The van der Waals surface area contributed by atoms with Gasteiger partial charge in [0.05, 0.1) is 50.6 Å². The largest absolute Gasteiger partial charge is 4.00 e. The summed E-state index contributed by atoms with van der Waals surface area (Å²) in [5, 5.41) is 0. The van der Waals surface area contributed by atoms with Crippen LogP contribution in [0.25, 0.3) is 0 Å². The molecule has 0 rings (SSSR count). The molecule has 0 aromatic rings. The molecule has 0 aromatic heterocycles. The van der Waals surface area contributed by atoms with Crippen LogP contribution in [0.15, 0.2) is 0 Å². The van der Waals surface area contributed by atoms with Gasteiger partial charge in [-0.25, -0.2) is 0 Å². The fraction of sp³-hybridized carbons (Fsp3) is 0.833. The van der Waals surface area contributed by atoms with E-state index in [1.807, 2.05) is 0 Å². The van der Waals surface area contributed by atoms with Gasteiger partial charge in [-0.05, 0) is 42.3 Å². The van der Waals surface area contributed by atoms with Gasteiger partial charge in [0.15, 0.2) is 0 Å². The van der Waals surface area contributed by atoms with E-state index in [4.69, 9.17) is 19.6 Å². The van der Waals surface area contributed by atoms with Crippen LogP contribution in [0.2, 0.25) is 0 Å². The third-order valence-corrected chi connectivity index (χ3v) is 6.35. The number of thiol groups is 1. The average molecular weight is 993 g/mol. The Kier molecular flexibility index (Phi) is 64.3.